The molecular weight excluding hydrogens is 438 g/mol. The molecule has 1 saturated heterocycles. The number of benzene rings is 2. The smallest absolute Gasteiger partial charge is 0.227 e. The molecule has 0 aliphatic carbocycles. The molecule has 33 heavy (non-hydrogen) atoms. The molecule has 0 amide bonds. The van der Waals surface area contributed by atoms with Crippen molar-refractivity contribution < 1.29 is 14.2 Å². The van der Waals surface area contributed by atoms with E-state index in [0.717, 1.165) is 71.5 Å². The molecule has 1 aliphatic heterocycles. The highest BCUT2D eigenvalue weighted by Gasteiger charge is 2.21. The average molecular weight is 468 g/mol. The fraction of sp³-hybridized carbons (Fsp3) is 0.333. The van der Waals surface area contributed by atoms with Gasteiger partial charge in [0.2, 0.25) is 5.95 Å². The van der Waals surface area contributed by atoms with Gasteiger partial charge in [-0.05, 0) is 61.3 Å². The van der Waals surface area contributed by atoms with Crippen LogP contribution in [0, 0.1) is 6.92 Å². The summed E-state index contributed by atoms with van der Waals surface area (Å²) in [7, 11) is 4.97. The number of piperazine rings is 1. The van der Waals surface area contributed by atoms with Crippen LogP contribution in [-0.4, -0.2) is 61.8 Å². The number of aryl methyl sites for hydroxylation is 1. The first-order valence-corrected chi connectivity index (χ1v) is 11.5. The molecule has 0 radical (unpaired) electrons. The molecule has 0 spiro atoms. The van der Waals surface area contributed by atoms with Crippen molar-refractivity contribution in [3.05, 3.63) is 54.2 Å². The van der Waals surface area contributed by atoms with Gasteiger partial charge in [0.05, 0.1) is 21.3 Å². The Morgan fingerprint density at radius 3 is 2.21 bits per heavy atom. The maximum Gasteiger partial charge on any atom is 0.227 e. The van der Waals surface area contributed by atoms with Crippen LogP contribution in [0.3, 0.4) is 0 Å². The van der Waals surface area contributed by atoms with Gasteiger partial charge in [-0.3, -0.25) is 0 Å². The van der Waals surface area contributed by atoms with Crippen molar-refractivity contribution in [2.45, 2.75) is 11.8 Å². The van der Waals surface area contributed by atoms with Crippen LogP contribution in [0.25, 0.3) is 0 Å². The molecule has 1 aliphatic rings. The second-order valence-electron chi connectivity index (χ2n) is 7.57. The minimum Gasteiger partial charge on any atom is -0.497 e. The van der Waals surface area contributed by atoms with E-state index in [1.807, 2.05) is 49.4 Å². The van der Waals surface area contributed by atoms with Crippen LogP contribution < -0.4 is 24.4 Å². The van der Waals surface area contributed by atoms with E-state index in [0.29, 0.717) is 0 Å². The summed E-state index contributed by atoms with van der Waals surface area (Å²) >= 11 is 1.73. The predicted octanol–water partition coefficient (Wildman–Crippen LogP) is 4.38. The van der Waals surface area contributed by atoms with E-state index in [4.69, 9.17) is 19.2 Å². The molecule has 9 heteroatoms. The van der Waals surface area contributed by atoms with Crippen LogP contribution >= 0.6 is 11.9 Å². The topological polar surface area (TPSA) is 72.0 Å². The number of methoxy groups -OCH3 is 3. The summed E-state index contributed by atoms with van der Waals surface area (Å²) in [5, 5.41) is 3.37. The van der Waals surface area contributed by atoms with Gasteiger partial charge >= 0.3 is 0 Å². The molecule has 0 saturated carbocycles. The maximum atomic E-state index is 5.42. The second kappa shape index (κ2) is 10.6. The zero-order valence-electron chi connectivity index (χ0n) is 19.4. The number of nitrogens with one attached hydrogen (secondary N) is 1. The minimum atomic E-state index is 0.738. The van der Waals surface area contributed by atoms with Crippen molar-refractivity contribution in [2.75, 3.05) is 57.7 Å². The van der Waals surface area contributed by atoms with Crippen molar-refractivity contribution in [2.24, 2.45) is 0 Å². The van der Waals surface area contributed by atoms with Crippen LogP contribution in [0.2, 0.25) is 0 Å². The predicted molar refractivity (Wildman–Crippen MR) is 132 cm³/mol. The SMILES string of the molecule is COc1ccc(Nc2cc(C)nc(N3CCN(Sc4ccc(OC)c(OC)c4)CC3)n2)cc1. The number of nitrogens with zero attached hydrogens (tertiary/aromatic N) is 4. The summed E-state index contributed by atoms with van der Waals surface area (Å²) < 4.78 is 18.3. The monoisotopic (exact) mass is 467 g/mol. The summed E-state index contributed by atoms with van der Waals surface area (Å²) in [5.74, 6) is 3.84. The van der Waals surface area contributed by atoms with Crippen molar-refractivity contribution >= 4 is 29.4 Å². The number of aromatic nitrogens is 2. The van der Waals surface area contributed by atoms with Crippen LogP contribution in [0.1, 0.15) is 5.69 Å². The minimum absolute atomic E-state index is 0.738. The summed E-state index contributed by atoms with van der Waals surface area (Å²) in [6.45, 7) is 5.50. The highest BCUT2D eigenvalue weighted by atomic mass is 32.2. The van der Waals surface area contributed by atoms with Crippen LogP contribution in [-0.2, 0) is 0 Å². The lowest BCUT2D eigenvalue weighted by Gasteiger charge is -2.34. The van der Waals surface area contributed by atoms with Gasteiger partial charge in [0.1, 0.15) is 11.6 Å². The highest BCUT2D eigenvalue weighted by Crippen LogP contribution is 2.33. The number of anilines is 3. The lowest BCUT2D eigenvalue weighted by molar-refractivity contribution is 0.354. The first-order chi connectivity index (χ1) is 16.1. The normalized spacial score (nSPS) is 14.1. The van der Waals surface area contributed by atoms with Crippen molar-refractivity contribution in [1.29, 1.82) is 0 Å². The Morgan fingerprint density at radius 1 is 0.818 bits per heavy atom. The number of hydrogen-bond acceptors (Lipinski definition) is 9. The van der Waals surface area contributed by atoms with E-state index in [-0.39, 0.29) is 0 Å². The van der Waals surface area contributed by atoms with Crippen molar-refractivity contribution in [3.8, 4) is 17.2 Å². The quantitative estimate of drug-likeness (QED) is 0.486. The third kappa shape index (κ3) is 5.80. The molecule has 0 bridgehead atoms. The summed E-state index contributed by atoms with van der Waals surface area (Å²) in [4.78, 5) is 12.8. The molecule has 4 rings (SSSR count). The summed E-state index contributed by atoms with van der Waals surface area (Å²) in [6, 6.07) is 15.8. The van der Waals surface area contributed by atoms with Crippen LogP contribution in [0.5, 0.6) is 17.2 Å². The zero-order valence-corrected chi connectivity index (χ0v) is 20.2. The molecule has 0 unspecified atom stereocenters. The Labute approximate surface area is 199 Å². The fourth-order valence-electron chi connectivity index (χ4n) is 3.58. The third-order valence-corrected chi connectivity index (χ3v) is 6.40. The van der Waals surface area contributed by atoms with Gasteiger partial charge in [-0.2, -0.15) is 4.98 Å². The molecule has 0 atom stereocenters. The Hall–Kier alpha value is -3.17. The highest BCUT2D eigenvalue weighted by molar-refractivity contribution is 7.97. The standard InChI is InChI=1S/C24H29N5O3S/c1-17-15-23(26-18-5-7-19(30-2)8-6-18)27-24(25-17)28-11-13-29(14-12-28)33-20-9-10-21(31-3)22(16-20)32-4/h5-10,15-16H,11-14H2,1-4H3,(H,25,26,27). The van der Waals surface area contributed by atoms with Crippen molar-refractivity contribution in [1.82, 2.24) is 14.3 Å². The largest absolute Gasteiger partial charge is 0.497 e. The van der Waals surface area contributed by atoms with Gasteiger partial charge in [-0.1, -0.05) is 0 Å². The Balaban J connectivity index is 1.38. The molecular formula is C24H29N5O3S. The van der Waals surface area contributed by atoms with Crippen molar-refractivity contribution in [3.63, 3.8) is 0 Å². The van der Waals surface area contributed by atoms with E-state index in [1.165, 1.54) is 0 Å². The van der Waals surface area contributed by atoms with Crippen LogP contribution in [0.4, 0.5) is 17.5 Å². The number of hydrogen-bond donors (Lipinski definition) is 1. The second-order valence-corrected chi connectivity index (χ2v) is 8.74. The van der Waals surface area contributed by atoms with Gasteiger partial charge in [0.25, 0.3) is 0 Å². The first-order valence-electron chi connectivity index (χ1n) is 10.7. The Kier molecular flexibility index (Phi) is 7.41. The molecule has 1 aromatic heterocycles. The first kappa shape index (κ1) is 23.0. The van der Waals surface area contributed by atoms with Crippen LogP contribution in [0.15, 0.2) is 53.4 Å². The molecule has 1 N–H and O–H groups in total. The zero-order chi connectivity index (χ0) is 23.2. The summed E-state index contributed by atoms with van der Waals surface area (Å²) in [6.07, 6.45) is 0. The van der Waals surface area contributed by atoms with Gasteiger partial charge in [-0.15, -0.1) is 0 Å². The van der Waals surface area contributed by atoms with Gasteiger partial charge < -0.3 is 24.4 Å². The van der Waals surface area contributed by atoms with E-state index >= 15 is 0 Å². The van der Waals surface area contributed by atoms with Gasteiger partial charge in [-0.25, -0.2) is 9.29 Å². The Bertz CT molecular complexity index is 1070. The number of ether oxygens (including phenoxy) is 3. The van der Waals surface area contributed by atoms with E-state index in [2.05, 4.69) is 25.6 Å². The van der Waals surface area contributed by atoms with Gasteiger partial charge in [0, 0.05) is 48.5 Å². The third-order valence-electron chi connectivity index (χ3n) is 5.32. The molecule has 8 nitrogen and oxygen atoms in total. The molecule has 2 heterocycles. The molecule has 1 fully saturated rings. The lowest BCUT2D eigenvalue weighted by Crippen LogP contribution is -2.44. The van der Waals surface area contributed by atoms with E-state index in [9.17, 15) is 0 Å². The Morgan fingerprint density at radius 2 is 1.55 bits per heavy atom. The van der Waals surface area contributed by atoms with Gasteiger partial charge in [0.15, 0.2) is 11.5 Å². The maximum absolute atomic E-state index is 5.42. The van der Waals surface area contributed by atoms with E-state index < -0.39 is 0 Å². The molecule has 2 aromatic carbocycles. The molecule has 174 valence electrons. The van der Waals surface area contributed by atoms with E-state index in [1.54, 1.807) is 33.3 Å². The summed E-state index contributed by atoms with van der Waals surface area (Å²) in [5.41, 5.74) is 1.88. The fourth-order valence-corrected chi connectivity index (χ4v) is 4.52. The average Bonchev–Trinajstić information content (AvgIpc) is 2.84. The lowest BCUT2D eigenvalue weighted by atomic mass is 10.3. The molecule has 3 aromatic rings. The number of rotatable bonds is 8.